The highest BCUT2D eigenvalue weighted by Gasteiger charge is 2.24. The Bertz CT molecular complexity index is 594. The molecule has 0 aromatic heterocycles. The van der Waals surface area contributed by atoms with Gasteiger partial charge in [-0.15, -0.1) is 11.8 Å². The van der Waals surface area contributed by atoms with Gasteiger partial charge < -0.3 is 20.1 Å². The van der Waals surface area contributed by atoms with Crippen LogP contribution in [0.15, 0.2) is 29.2 Å². The molecule has 132 valence electrons. The first-order valence-corrected chi connectivity index (χ1v) is 8.34. The van der Waals surface area contributed by atoms with Gasteiger partial charge >= 0.3 is 5.97 Å². The largest absolute Gasteiger partial charge is 0.480 e. The first kappa shape index (κ1) is 20.0. The Morgan fingerprint density at radius 1 is 1.33 bits per heavy atom. The maximum absolute atomic E-state index is 12.5. The van der Waals surface area contributed by atoms with Crippen LogP contribution in [0.3, 0.4) is 0 Å². The minimum Gasteiger partial charge on any atom is -0.480 e. The van der Waals surface area contributed by atoms with Crippen LogP contribution in [-0.4, -0.2) is 66.9 Å². The molecule has 0 radical (unpaired) electrons. The second-order valence-corrected chi connectivity index (χ2v) is 6.08. The van der Waals surface area contributed by atoms with Crippen molar-refractivity contribution in [1.29, 1.82) is 0 Å². The Labute approximate surface area is 145 Å². The maximum Gasteiger partial charge on any atom is 0.326 e. The summed E-state index contributed by atoms with van der Waals surface area (Å²) in [5.74, 6) is -1.47. The molecular weight excluding hydrogens is 332 g/mol. The number of benzene rings is 1. The predicted molar refractivity (Wildman–Crippen MR) is 91.2 cm³/mol. The van der Waals surface area contributed by atoms with E-state index in [1.54, 1.807) is 31.4 Å². The molecule has 0 saturated carbocycles. The van der Waals surface area contributed by atoms with E-state index in [0.29, 0.717) is 23.6 Å². The number of hydrogen-bond donors (Lipinski definition) is 2. The van der Waals surface area contributed by atoms with Crippen molar-refractivity contribution in [3.63, 3.8) is 0 Å². The molecule has 1 unspecified atom stereocenters. The van der Waals surface area contributed by atoms with Crippen LogP contribution >= 0.6 is 11.8 Å². The number of aliphatic carboxylic acids is 1. The van der Waals surface area contributed by atoms with Gasteiger partial charge in [0.2, 0.25) is 5.91 Å². The van der Waals surface area contributed by atoms with E-state index in [2.05, 4.69) is 5.32 Å². The second-order valence-electron chi connectivity index (χ2n) is 5.06. The second kappa shape index (κ2) is 9.94. The van der Waals surface area contributed by atoms with Crippen molar-refractivity contribution in [2.75, 3.05) is 33.1 Å². The van der Waals surface area contributed by atoms with Crippen molar-refractivity contribution in [1.82, 2.24) is 10.2 Å². The summed E-state index contributed by atoms with van der Waals surface area (Å²) < 4.78 is 4.85. The van der Waals surface area contributed by atoms with E-state index in [1.165, 1.54) is 30.6 Å². The molecule has 2 amide bonds. The van der Waals surface area contributed by atoms with Crippen LogP contribution in [0.2, 0.25) is 0 Å². The number of amides is 2. The molecule has 8 heteroatoms. The zero-order valence-electron chi connectivity index (χ0n) is 13.9. The third-order valence-corrected chi connectivity index (χ3v) is 4.44. The minimum atomic E-state index is -1.08. The van der Waals surface area contributed by atoms with Crippen molar-refractivity contribution >= 4 is 29.5 Å². The average molecular weight is 354 g/mol. The van der Waals surface area contributed by atoms with Crippen LogP contribution in [0.1, 0.15) is 17.3 Å². The highest BCUT2D eigenvalue weighted by Crippen LogP contribution is 2.24. The van der Waals surface area contributed by atoms with Crippen molar-refractivity contribution in [3.8, 4) is 0 Å². The summed E-state index contributed by atoms with van der Waals surface area (Å²) in [4.78, 5) is 37.1. The first-order chi connectivity index (χ1) is 11.4. The molecule has 2 N–H and O–H groups in total. The molecule has 0 aliphatic heterocycles. The third-order valence-electron chi connectivity index (χ3n) is 3.36. The highest BCUT2D eigenvalue weighted by atomic mass is 32.2. The summed E-state index contributed by atoms with van der Waals surface area (Å²) in [6.45, 7) is 2.30. The van der Waals surface area contributed by atoms with Crippen LogP contribution in [0.25, 0.3) is 0 Å². The lowest BCUT2D eigenvalue weighted by Crippen LogP contribution is -2.40. The number of likely N-dealkylation sites (N-methyl/N-ethyl adjacent to an activating group) is 1. The molecule has 0 heterocycles. The van der Waals surface area contributed by atoms with E-state index in [0.717, 1.165) is 0 Å². The van der Waals surface area contributed by atoms with E-state index in [1.807, 2.05) is 0 Å². The Kier molecular flexibility index (Phi) is 8.28. The minimum absolute atomic E-state index is 0.159. The maximum atomic E-state index is 12.5. The molecule has 1 aromatic carbocycles. The van der Waals surface area contributed by atoms with Gasteiger partial charge in [-0.05, 0) is 19.1 Å². The zero-order valence-corrected chi connectivity index (χ0v) is 14.8. The van der Waals surface area contributed by atoms with Gasteiger partial charge in [0.25, 0.3) is 5.91 Å². The fourth-order valence-electron chi connectivity index (χ4n) is 1.79. The van der Waals surface area contributed by atoms with Crippen molar-refractivity contribution in [2.45, 2.75) is 17.9 Å². The average Bonchev–Trinajstić information content (AvgIpc) is 2.58. The molecule has 0 bridgehead atoms. The number of nitrogens with one attached hydrogen (secondary N) is 1. The number of hydrogen-bond acceptors (Lipinski definition) is 5. The third kappa shape index (κ3) is 5.86. The van der Waals surface area contributed by atoms with Gasteiger partial charge in [0.05, 0.1) is 17.9 Å². The molecule has 0 saturated heterocycles. The SMILES string of the molecule is COCCNC(=O)CSc1ccccc1C(=O)N(C)C(C)C(=O)O. The summed E-state index contributed by atoms with van der Waals surface area (Å²) in [5.41, 5.74) is 0.378. The lowest BCUT2D eigenvalue weighted by Gasteiger charge is -2.22. The molecule has 0 aliphatic carbocycles. The lowest BCUT2D eigenvalue weighted by atomic mass is 10.2. The molecule has 7 nitrogen and oxygen atoms in total. The van der Waals surface area contributed by atoms with Gasteiger partial charge in [-0.3, -0.25) is 9.59 Å². The van der Waals surface area contributed by atoms with E-state index < -0.39 is 17.9 Å². The van der Waals surface area contributed by atoms with Crippen LogP contribution in [0.5, 0.6) is 0 Å². The van der Waals surface area contributed by atoms with Crippen LogP contribution < -0.4 is 5.32 Å². The molecular formula is C16H22N2O5S. The Hall–Kier alpha value is -2.06. The summed E-state index contributed by atoms with van der Waals surface area (Å²) >= 11 is 1.23. The van der Waals surface area contributed by atoms with Gasteiger partial charge in [-0.2, -0.15) is 0 Å². The van der Waals surface area contributed by atoms with Crippen molar-refractivity contribution < 1.29 is 24.2 Å². The molecule has 1 atom stereocenters. The van der Waals surface area contributed by atoms with Gasteiger partial charge in [-0.1, -0.05) is 12.1 Å². The van der Waals surface area contributed by atoms with Gasteiger partial charge in [0.1, 0.15) is 6.04 Å². The van der Waals surface area contributed by atoms with Crippen LogP contribution in [0.4, 0.5) is 0 Å². The molecule has 1 rings (SSSR count). The van der Waals surface area contributed by atoms with Crippen LogP contribution in [-0.2, 0) is 14.3 Å². The number of thioether (sulfide) groups is 1. The van der Waals surface area contributed by atoms with Gasteiger partial charge in [0, 0.05) is 25.6 Å². The normalized spacial score (nSPS) is 11.6. The summed E-state index contributed by atoms with van der Waals surface area (Å²) in [7, 11) is 3.00. The Balaban J connectivity index is 2.76. The molecule has 24 heavy (non-hydrogen) atoms. The number of carbonyl (C=O) groups excluding carboxylic acids is 2. The summed E-state index contributed by atoms with van der Waals surface area (Å²) in [6, 6.07) is 5.89. The molecule has 1 aromatic rings. The zero-order chi connectivity index (χ0) is 18.1. The van der Waals surface area contributed by atoms with E-state index in [9.17, 15) is 14.4 Å². The quantitative estimate of drug-likeness (QED) is 0.509. The van der Waals surface area contributed by atoms with Crippen molar-refractivity contribution in [2.24, 2.45) is 0 Å². The molecule has 0 spiro atoms. The first-order valence-electron chi connectivity index (χ1n) is 7.36. The fourth-order valence-corrected chi connectivity index (χ4v) is 2.66. The highest BCUT2D eigenvalue weighted by molar-refractivity contribution is 8.00. The van der Waals surface area contributed by atoms with Gasteiger partial charge in [0.15, 0.2) is 0 Å². The monoisotopic (exact) mass is 354 g/mol. The topological polar surface area (TPSA) is 95.9 Å². The summed E-state index contributed by atoms with van der Waals surface area (Å²) in [5, 5.41) is 11.7. The van der Waals surface area contributed by atoms with E-state index in [4.69, 9.17) is 9.84 Å². The van der Waals surface area contributed by atoms with Crippen molar-refractivity contribution in [3.05, 3.63) is 29.8 Å². The lowest BCUT2D eigenvalue weighted by molar-refractivity contribution is -0.141. The number of rotatable bonds is 9. The molecule has 0 aliphatic rings. The molecule has 0 fully saturated rings. The Morgan fingerprint density at radius 3 is 2.62 bits per heavy atom. The number of methoxy groups -OCH3 is 1. The van der Waals surface area contributed by atoms with E-state index in [-0.39, 0.29) is 11.7 Å². The number of ether oxygens (including phenoxy) is 1. The standard InChI is InChI=1S/C16H22N2O5S/c1-11(16(21)22)18(2)15(20)12-6-4-5-7-13(12)24-10-14(19)17-8-9-23-3/h4-7,11H,8-10H2,1-3H3,(H,17,19)(H,21,22). The van der Waals surface area contributed by atoms with Gasteiger partial charge in [-0.25, -0.2) is 4.79 Å². The summed E-state index contributed by atoms with van der Waals surface area (Å²) in [6.07, 6.45) is 0. The fraction of sp³-hybridized carbons (Fsp3) is 0.438. The predicted octanol–water partition coefficient (Wildman–Crippen LogP) is 1.09. The Morgan fingerprint density at radius 2 is 2.00 bits per heavy atom. The van der Waals surface area contributed by atoms with E-state index >= 15 is 0 Å². The number of carboxylic acid groups (broad SMARTS) is 1. The van der Waals surface area contributed by atoms with Crippen LogP contribution in [0, 0.1) is 0 Å². The number of carboxylic acids is 1. The smallest absolute Gasteiger partial charge is 0.326 e. The number of carbonyl (C=O) groups is 3. The number of nitrogens with zero attached hydrogens (tertiary/aromatic N) is 1.